The molecule has 148 valence electrons. The molecule has 2 aliphatic heterocycles. The summed E-state index contributed by atoms with van der Waals surface area (Å²) in [6, 6.07) is 9.35. The fourth-order valence-corrected chi connectivity index (χ4v) is 4.28. The average Bonchev–Trinajstić information content (AvgIpc) is 3.03. The number of morpholine rings is 1. The zero-order valence-corrected chi connectivity index (χ0v) is 16.2. The summed E-state index contributed by atoms with van der Waals surface area (Å²) < 4.78 is 12.9. The van der Waals surface area contributed by atoms with Gasteiger partial charge in [-0.25, -0.2) is 4.79 Å². The predicted molar refractivity (Wildman–Crippen MR) is 102 cm³/mol. The number of amides is 1. The molecule has 2 saturated heterocycles. The van der Waals surface area contributed by atoms with Gasteiger partial charge >= 0.3 is 6.09 Å². The van der Waals surface area contributed by atoms with Crippen molar-refractivity contribution in [3.63, 3.8) is 0 Å². The normalized spacial score (nSPS) is 24.1. The first-order valence-electron chi connectivity index (χ1n) is 9.64. The highest BCUT2D eigenvalue weighted by molar-refractivity contribution is 5.98. The summed E-state index contributed by atoms with van der Waals surface area (Å²) >= 11 is 0. The lowest BCUT2D eigenvalue weighted by molar-refractivity contribution is -0.0755. The van der Waals surface area contributed by atoms with Crippen LogP contribution in [0.4, 0.5) is 4.79 Å². The SMILES string of the molecule is Cc1nn(C)cc1C(=O)C1CC2COCC(C1)N2C(=O)OCc1ccccc1. The van der Waals surface area contributed by atoms with Crippen molar-refractivity contribution in [2.45, 2.75) is 38.5 Å². The van der Waals surface area contributed by atoms with Crippen LogP contribution in [-0.2, 0) is 23.1 Å². The molecule has 0 spiro atoms. The standard InChI is InChI=1S/C21H25N3O4/c1-14-19(10-23(2)22-14)20(25)16-8-17-12-27-13-18(9-16)24(17)21(26)28-11-15-6-4-3-5-7-15/h3-7,10,16-18H,8-9,11-13H2,1-2H3. The Morgan fingerprint density at radius 2 is 1.86 bits per heavy atom. The first-order chi connectivity index (χ1) is 13.5. The second-order valence-corrected chi connectivity index (χ2v) is 7.63. The number of nitrogens with zero attached hydrogens (tertiary/aromatic N) is 3. The smallest absolute Gasteiger partial charge is 0.410 e. The quantitative estimate of drug-likeness (QED) is 0.759. The summed E-state index contributed by atoms with van der Waals surface area (Å²) in [6.45, 7) is 2.97. The van der Waals surface area contributed by atoms with Gasteiger partial charge in [0, 0.05) is 19.2 Å². The number of carbonyl (C=O) groups is 2. The maximum Gasteiger partial charge on any atom is 0.410 e. The number of benzene rings is 1. The molecule has 0 radical (unpaired) electrons. The number of rotatable bonds is 4. The average molecular weight is 383 g/mol. The molecule has 2 fully saturated rings. The number of hydrogen-bond acceptors (Lipinski definition) is 5. The molecule has 2 aromatic rings. The van der Waals surface area contributed by atoms with Gasteiger partial charge in [-0.15, -0.1) is 0 Å². The number of ether oxygens (including phenoxy) is 2. The van der Waals surface area contributed by atoms with E-state index in [4.69, 9.17) is 9.47 Å². The van der Waals surface area contributed by atoms with Crippen LogP contribution in [0.2, 0.25) is 0 Å². The van der Waals surface area contributed by atoms with Gasteiger partial charge in [0.1, 0.15) is 6.61 Å². The van der Waals surface area contributed by atoms with E-state index in [2.05, 4.69) is 5.10 Å². The third kappa shape index (κ3) is 3.67. The summed E-state index contributed by atoms with van der Waals surface area (Å²) in [5, 5.41) is 4.28. The Hall–Kier alpha value is -2.67. The van der Waals surface area contributed by atoms with Gasteiger partial charge in [0.05, 0.1) is 36.6 Å². The number of ketones is 1. The van der Waals surface area contributed by atoms with Gasteiger partial charge in [0.2, 0.25) is 0 Å². The number of carbonyl (C=O) groups excluding carboxylic acids is 2. The third-order valence-electron chi connectivity index (χ3n) is 5.59. The minimum absolute atomic E-state index is 0.111. The van der Waals surface area contributed by atoms with E-state index in [1.807, 2.05) is 44.3 Å². The van der Waals surface area contributed by atoms with Gasteiger partial charge in [0.25, 0.3) is 0 Å². The van der Waals surface area contributed by atoms with Crippen LogP contribution in [0, 0.1) is 12.8 Å². The van der Waals surface area contributed by atoms with Crippen LogP contribution < -0.4 is 0 Å². The molecular weight excluding hydrogens is 358 g/mol. The molecule has 2 atom stereocenters. The summed E-state index contributed by atoms with van der Waals surface area (Å²) in [6.07, 6.45) is 2.63. The van der Waals surface area contributed by atoms with Gasteiger partial charge in [-0.05, 0) is 25.3 Å². The van der Waals surface area contributed by atoms with Gasteiger partial charge in [-0.1, -0.05) is 30.3 Å². The van der Waals surface area contributed by atoms with Crippen LogP contribution in [0.3, 0.4) is 0 Å². The monoisotopic (exact) mass is 383 g/mol. The Labute approximate surface area is 164 Å². The third-order valence-corrected chi connectivity index (χ3v) is 5.59. The van der Waals surface area contributed by atoms with Crippen molar-refractivity contribution < 1.29 is 19.1 Å². The van der Waals surface area contributed by atoms with E-state index < -0.39 is 0 Å². The lowest BCUT2D eigenvalue weighted by Crippen LogP contribution is -2.59. The van der Waals surface area contributed by atoms with E-state index in [0.29, 0.717) is 31.6 Å². The zero-order chi connectivity index (χ0) is 19.7. The van der Waals surface area contributed by atoms with Crippen molar-refractivity contribution in [3.05, 3.63) is 53.3 Å². The maximum atomic E-state index is 13.0. The molecule has 4 rings (SSSR count). The molecule has 28 heavy (non-hydrogen) atoms. The van der Waals surface area contributed by atoms with E-state index >= 15 is 0 Å². The Bertz CT molecular complexity index is 850. The summed E-state index contributed by atoms with van der Waals surface area (Å²) in [4.78, 5) is 27.5. The molecule has 0 aliphatic carbocycles. The Morgan fingerprint density at radius 3 is 2.46 bits per heavy atom. The molecule has 1 amide bonds. The minimum atomic E-state index is -0.328. The molecule has 3 heterocycles. The van der Waals surface area contributed by atoms with Crippen LogP contribution in [0.15, 0.2) is 36.5 Å². The number of hydrogen-bond donors (Lipinski definition) is 0. The lowest BCUT2D eigenvalue weighted by Gasteiger charge is -2.47. The van der Waals surface area contributed by atoms with Gasteiger partial charge in [0.15, 0.2) is 5.78 Å². The van der Waals surface area contributed by atoms with Gasteiger partial charge in [-0.2, -0.15) is 5.10 Å². The topological polar surface area (TPSA) is 73.7 Å². The number of aryl methyl sites for hydroxylation is 2. The van der Waals surface area contributed by atoms with E-state index in [1.54, 1.807) is 15.8 Å². The molecule has 2 bridgehead atoms. The Kier molecular flexibility index (Phi) is 5.17. The van der Waals surface area contributed by atoms with Crippen molar-refractivity contribution in [3.8, 4) is 0 Å². The first-order valence-corrected chi connectivity index (χ1v) is 9.64. The number of aromatic nitrogens is 2. The highest BCUT2D eigenvalue weighted by Crippen LogP contribution is 2.34. The fourth-order valence-electron chi connectivity index (χ4n) is 4.28. The molecule has 1 aromatic carbocycles. The van der Waals surface area contributed by atoms with Crippen LogP contribution in [0.1, 0.15) is 34.5 Å². The number of fused-ring (bicyclic) bond motifs is 2. The van der Waals surface area contributed by atoms with Crippen LogP contribution in [-0.4, -0.2) is 51.9 Å². The van der Waals surface area contributed by atoms with Crippen LogP contribution in [0.25, 0.3) is 0 Å². The van der Waals surface area contributed by atoms with Crippen molar-refractivity contribution in [2.24, 2.45) is 13.0 Å². The number of piperidine rings is 1. The Morgan fingerprint density at radius 1 is 1.18 bits per heavy atom. The highest BCUT2D eigenvalue weighted by Gasteiger charge is 2.44. The molecule has 0 N–H and O–H groups in total. The number of Topliss-reactive ketones (excluding diaryl/α,β-unsaturated/α-hetero) is 1. The second kappa shape index (κ2) is 7.75. The van der Waals surface area contributed by atoms with E-state index in [-0.39, 0.29) is 36.5 Å². The van der Waals surface area contributed by atoms with Crippen molar-refractivity contribution in [1.29, 1.82) is 0 Å². The minimum Gasteiger partial charge on any atom is -0.445 e. The maximum absolute atomic E-state index is 13.0. The fraction of sp³-hybridized carbons (Fsp3) is 0.476. The van der Waals surface area contributed by atoms with E-state index in [9.17, 15) is 9.59 Å². The van der Waals surface area contributed by atoms with E-state index in [0.717, 1.165) is 11.3 Å². The molecule has 7 heteroatoms. The molecule has 1 aromatic heterocycles. The summed E-state index contributed by atoms with van der Waals surface area (Å²) in [5.41, 5.74) is 2.37. The summed E-state index contributed by atoms with van der Waals surface area (Å²) in [5.74, 6) is -0.0141. The molecule has 7 nitrogen and oxygen atoms in total. The predicted octanol–water partition coefficient (Wildman–Crippen LogP) is 2.73. The molecule has 2 aliphatic rings. The lowest BCUT2D eigenvalue weighted by atomic mass is 9.81. The second-order valence-electron chi connectivity index (χ2n) is 7.63. The molecular formula is C21H25N3O4. The van der Waals surface area contributed by atoms with Crippen molar-refractivity contribution in [1.82, 2.24) is 14.7 Å². The molecule has 0 saturated carbocycles. The van der Waals surface area contributed by atoms with E-state index in [1.165, 1.54) is 0 Å². The highest BCUT2D eigenvalue weighted by atomic mass is 16.6. The molecule has 2 unspecified atom stereocenters. The van der Waals surface area contributed by atoms with Gasteiger partial charge in [-0.3, -0.25) is 14.4 Å². The van der Waals surface area contributed by atoms with Crippen LogP contribution in [0.5, 0.6) is 0 Å². The summed E-state index contributed by atoms with van der Waals surface area (Å²) in [7, 11) is 1.82. The first kappa shape index (κ1) is 18.7. The van der Waals surface area contributed by atoms with Crippen molar-refractivity contribution in [2.75, 3.05) is 13.2 Å². The van der Waals surface area contributed by atoms with Crippen molar-refractivity contribution >= 4 is 11.9 Å². The zero-order valence-electron chi connectivity index (χ0n) is 16.2. The Balaban J connectivity index is 1.44. The van der Waals surface area contributed by atoms with Crippen LogP contribution >= 0.6 is 0 Å². The largest absolute Gasteiger partial charge is 0.445 e. The van der Waals surface area contributed by atoms with Gasteiger partial charge < -0.3 is 9.47 Å².